The standard InChI is InChI=1S/C65H70N5O11S.Y/c1-38-25-51-43(20-22-48-30-45-13-6-9-17-53(45)69(48)63(51)76)32-56(38)80-36-41-27-42(37-81-58-33-44-21-23-49-31-46-14-7-10-18-54(46)70(49)64(77)52(44)34-57(58)79-4)29-47(28-41)67-62(75)39(2)26-55(72)40(3)66-60(73)19-11-8-15-50(71)16-12-24-68-61(74)35-59(82-5)65(68)78;/h6-7,9-10,13-14,17-18,23,25,27-29,32-34,39-40,48-49,59H,8,11-12,15-16,19-22,24,26,30-31,35-37H2,1-5H3,(H,66,73)(H,67,75);/q-1;/t39-,40+,48-,49-,59?;/m1./s1. The van der Waals surface area contributed by atoms with Gasteiger partial charge < -0.3 is 41.1 Å². The Morgan fingerprint density at radius 3 is 2.07 bits per heavy atom. The molecule has 0 bridgehead atoms. The number of imide groups is 1. The second-order valence-electron chi connectivity index (χ2n) is 22.3. The van der Waals surface area contributed by atoms with Gasteiger partial charge in [-0.3, -0.25) is 43.3 Å². The van der Waals surface area contributed by atoms with Crippen LogP contribution in [0.3, 0.4) is 0 Å². The minimum Gasteiger partial charge on any atom is -0.493 e. The molecule has 5 atom stereocenters. The van der Waals surface area contributed by atoms with E-state index in [1.54, 1.807) is 32.2 Å². The number of carbonyl (C=O) groups excluding carboxylic acids is 8. The fourth-order valence-electron chi connectivity index (χ4n) is 12.0. The van der Waals surface area contributed by atoms with Gasteiger partial charge in [-0.25, -0.2) is 0 Å². The molecule has 1 unspecified atom stereocenters. The van der Waals surface area contributed by atoms with Crippen LogP contribution in [-0.2, 0) is 100 Å². The van der Waals surface area contributed by atoms with E-state index in [2.05, 4.69) is 29.2 Å². The number of likely N-dealkylation sites (tertiary alicyclic amines) is 1. The van der Waals surface area contributed by atoms with E-state index >= 15 is 0 Å². The van der Waals surface area contributed by atoms with E-state index in [4.69, 9.17) is 14.2 Å². The molecule has 431 valence electrons. The van der Waals surface area contributed by atoms with E-state index in [0.29, 0.717) is 71.7 Å². The molecule has 5 aromatic rings. The Morgan fingerprint density at radius 1 is 0.723 bits per heavy atom. The van der Waals surface area contributed by atoms with Gasteiger partial charge in [-0.15, -0.1) is 0 Å². The Labute approximate surface area is 514 Å². The smallest absolute Gasteiger partial charge is 0.258 e. The number of carbonyl (C=O) groups is 8. The molecule has 6 amide bonds. The molecular weight excluding hydrogens is 1150 g/mol. The first-order valence-electron chi connectivity index (χ1n) is 28.5. The minimum atomic E-state index is -0.853. The zero-order valence-corrected chi connectivity index (χ0v) is 51.4. The van der Waals surface area contributed by atoms with Crippen molar-refractivity contribution >= 4 is 75.8 Å². The Balaban J connectivity index is 0.00000828. The number of methoxy groups -OCH3 is 1. The summed E-state index contributed by atoms with van der Waals surface area (Å²) in [5, 5.41) is 5.40. The van der Waals surface area contributed by atoms with Crippen molar-refractivity contribution in [2.24, 2.45) is 5.92 Å². The zero-order chi connectivity index (χ0) is 57.8. The first-order chi connectivity index (χ1) is 39.6. The number of hydrogen-bond acceptors (Lipinski definition) is 12. The molecule has 5 aliphatic heterocycles. The largest absolute Gasteiger partial charge is 0.493 e. The van der Waals surface area contributed by atoms with Crippen LogP contribution >= 0.6 is 11.8 Å². The summed E-state index contributed by atoms with van der Waals surface area (Å²) >= 11 is 1.35. The summed E-state index contributed by atoms with van der Waals surface area (Å²) in [4.78, 5) is 111. The molecule has 0 saturated carbocycles. The van der Waals surface area contributed by atoms with Gasteiger partial charge in [-0.05, 0) is 153 Å². The Kier molecular flexibility index (Phi) is 19.7. The molecule has 83 heavy (non-hydrogen) atoms. The topological polar surface area (TPSA) is 198 Å². The summed E-state index contributed by atoms with van der Waals surface area (Å²) in [5.41, 5.74) is 9.84. The number of anilines is 3. The Hall–Kier alpha value is -6.69. The van der Waals surface area contributed by atoms with Gasteiger partial charge >= 0.3 is 0 Å². The summed E-state index contributed by atoms with van der Waals surface area (Å²) in [7, 11) is 1.54. The van der Waals surface area contributed by atoms with Crippen molar-refractivity contribution in [3.63, 3.8) is 0 Å². The summed E-state index contributed by atoms with van der Waals surface area (Å²) in [6.45, 7) is 5.56. The third kappa shape index (κ3) is 13.6. The third-order valence-electron chi connectivity index (χ3n) is 16.5. The molecule has 0 aliphatic carbocycles. The van der Waals surface area contributed by atoms with Gasteiger partial charge in [0.25, 0.3) is 11.8 Å². The number of benzene rings is 5. The first-order valence-corrected chi connectivity index (χ1v) is 29.8. The number of ether oxygens (including phenoxy) is 3. The van der Waals surface area contributed by atoms with Gasteiger partial charge in [-0.1, -0.05) is 54.9 Å². The fourth-order valence-corrected chi connectivity index (χ4v) is 12.6. The monoisotopic (exact) mass is 1220 g/mol. The molecule has 0 spiro atoms. The number of ketones is 2. The van der Waals surface area contributed by atoms with Crippen LogP contribution in [-0.4, -0.2) is 95.2 Å². The second-order valence-corrected chi connectivity index (χ2v) is 23.3. The van der Waals surface area contributed by atoms with Crippen LogP contribution in [0.2, 0.25) is 0 Å². The quantitative estimate of drug-likeness (QED) is 0.0358. The van der Waals surface area contributed by atoms with Crippen LogP contribution < -0.4 is 34.6 Å². The van der Waals surface area contributed by atoms with Crippen LogP contribution in [0.25, 0.3) is 0 Å². The van der Waals surface area contributed by atoms with Gasteiger partial charge in [0.2, 0.25) is 23.6 Å². The van der Waals surface area contributed by atoms with Crippen LogP contribution in [0.4, 0.5) is 17.1 Å². The number of thioether (sulfide) groups is 1. The van der Waals surface area contributed by atoms with Gasteiger partial charge in [0.1, 0.15) is 24.7 Å². The van der Waals surface area contributed by atoms with E-state index in [0.717, 1.165) is 58.5 Å². The van der Waals surface area contributed by atoms with Crippen molar-refractivity contribution in [3.05, 3.63) is 147 Å². The van der Waals surface area contributed by atoms with Crippen molar-refractivity contribution in [3.8, 4) is 17.2 Å². The molecule has 5 aliphatic rings. The molecule has 16 nitrogen and oxygen atoms in total. The summed E-state index contributed by atoms with van der Waals surface area (Å²) in [5.74, 6) is -0.859. The van der Waals surface area contributed by atoms with Crippen molar-refractivity contribution < 1.29 is 85.3 Å². The normalized spacial score (nSPS) is 18.3. The maximum Gasteiger partial charge on any atom is 0.258 e. The molecule has 18 heteroatoms. The number of nitrogens with one attached hydrogen (secondary N) is 2. The van der Waals surface area contributed by atoms with E-state index < -0.39 is 17.9 Å². The van der Waals surface area contributed by atoms with Gasteiger partial charge in [0, 0.05) is 112 Å². The minimum absolute atomic E-state index is 0. The zero-order valence-electron chi connectivity index (χ0n) is 47.8. The summed E-state index contributed by atoms with van der Waals surface area (Å²) in [6.07, 6.45) is 9.61. The average molecular weight is 1220 g/mol. The van der Waals surface area contributed by atoms with E-state index in [9.17, 15) is 38.4 Å². The molecule has 5 heterocycles. The molecule has 1 saturated heterocycles. The van der Waals surface area contributed by atoms with Gasteiger partial charge in [0.05, 0.1) is 18.4 Å². The molecule has 1 fully saturated rings. The average Bonchev–Trinajstić information content (AvgIpc) is 4.23. The number of unbranched alkanes of at least 4 members (excludes halogenated alkanes) is 1. The maximum absolute atomic E-state index is 14.2. The molecule has 5 aromatic carbocycles. The number of nitrogens with zero attached hydrogens (tertiary/aromatic N) is 3. The summed E-state index contributed by atoms with van der Waals surface area (Å²) in [6, 6.07) is 28.3. The SMILES string of the molecule is COc1cc2c(cc1OCc1cc(COc3cc4c(cc3C)C(=O)N3c5ccccc5C[C@H]3CC4)cc(NC(=O)[C@H](C)CC(=O)[C@H](C)NC(=O)CCCCC(=O)CCCN3C(=O)CC(SC)C3=O)c1)C[CH-][C@@H]1Cc3ccccc3N1C2=O.[Y]. The van der Waals surface area contributed by atoms with E-state index in [-0.39, 0.29) is 143 Å². The number of aryl methyl sites for hydroxylation is 2. The molecule has 10 rings (SSSR count). The predicted molar refractivity (Wildman–Crippen MR) is 313 cm³/mol. The number of fused-ring (bicyclic) bond motifs is 8. The predicted octanol–water partition coefficient (Wildman–Crippen LogP) is 9.45. The number of para-hydroxylation sites is 2. The van der Waals surface area contributed by atoms with Crippen molar-refractivity contribution in [2.75, 3.05) is 35.0 Å². The Bertz CT molecular complexity index is 3370. The van der Waals surface area contributed by atoms with Gasteiger partial charge in [0.15, 0.2) is 17.3 Å². The number of amides is 6. The molecule has 2 N–H and O–H groups in total. The number of Topliss-reactive ketones (excluding diaryl/α,β-unsaturated/α-hetero) is 2. The van der Waals surface area contributed by atoms with E-state index in [1.807, 2.05) is 83.5 Å². The van der Waals surface area contributed by atoms with Crippen molar-refractivity contribution in [1.82, 2.24) is 10.2 Å². The second kappa shape index (κ2) is 26.9. The Morgan fingerprint density at radius 2 is 1.36 bits per heavy atom. The number of hydrogen-bond donors (Lipinski definition) is 2. The van der Waals surface area contributed by atoms with Crippen LogP contribution in [0.5, 0.6) is 17.2 Å². The van der Waals surface area contributed by atoms with Crippen LogP contribution in [0.1, 0.15) is 131 Å². The third-order valence-corrected chi connectivity index (χ3v) is 17.4. The van der Waals surface area contributed by atoms with Crippen molar-refractivity contribution in [1.29, 1.82) is 0 Å². The van der Waals surface area contributed by atoms with Crippen LogP contribution in [0.15, 0.2) is 91.0 Å². The molecular formula is C65H70N5O11SY-. The van der Waals surface area contributed by atoms with Crippen LogP contribution in [0, 0.1) is 19.3 Å². The molecule has 1 radical (unpaired) electrons. The fraction of sp³-hybridized carbons (Fsp3) is 0.400. The van der Waals surface area contributed by atoms with Crippen molar-refractivity contribution in [2.45, 2.75) is 141 Å². The maximum atomic E-state index is 14.2. The molecule has 0 aromatic heterocycles. The summed E-state index contributed by atoms with van der Waals surface area (Å²) < 4.78 is 18.9. The van der Waals surface area contributed by atoms with E-state index in [1.165, 1.54) is 29.3 Å². The number of rotatable bonds is 23. The van der Waals surface area contributed by atoms with Gasteiger partial charge in [-0.2, -0.15) is 18.2 Å². The first kappa shape index (κ1) is 60.9.